The largest absolute Gasteiger partial charge is 0.127 e. The molecule has 0 fully saturated rings. The molecule has 0 bridgehead atoms. The minimum atomic E-state index is 1.14. The minimum Gasteiger partial charge on any atom is -0.127 e. The van der Waals surface area contributed by atoms with Crippen LogP contribution in [-0.2, 0) is 0 Å². The standard InChI is InChI=1S/C12H22S/c1-4-7-9-12(10-8-5-2)13-11-6-3/h7,9-10H,4-6,8,11H2,1-3H3/b9-7-,12-10+. The van der Waals surface area contributed by atoms with Crippen LogP contribution in [0.25, 0.3) is 0 Å². The first-order chi connectivity index (χ1) is 6.35. The molecule has 0 aliphatic heterocycles. The van der Waals surface area contributed by atoms with Gasteiger partial charge < -0.3 is 0 Å². The summed E-state index contributed by atoms with van der Waals surface area (Å²) in [6, 6.07) is 0. The van der Waals surface area contributed by atoms with Gasteiger partial charge in [-0.05, 0) is 25.0 Å². The highest BCUT2D eigenvalue weighted by atomic mass is 32.2. The highest BCUT2D eigenvalue weighted by molar-refractivity contribution is 8.03. The highest BCUT2D eigenvalue weighted by Crippen LogP contribution is 2.19. The topological polar surface area (TPSA) is 0 Å². The van der Waals surface area contributed by atoms with Gasteiger partial charge in [0.05, 0.1) is 0 Å². The minimum absolute atomic E-state index is 1.14. The fourth-order valence-electron chi connectivity index (χ4n) is 0.916. The van der Waals surface area contributed by atoms with Crippen molar-refractivity contribution in [2.24, 2.45) is 0 Å². The number of allylic oxidation sites excluding steroid dienone is 3. The van der Waals surface area contributed by atoms with Gasteiger partial charge >= 0.3 is 0 Å². The molecule has 13 heavy (non-hydrogen) atoms. The summed E-state index contributed by atoms with van der Waals surface area (Å²) in [5.41, 5.74) is 0. The van der Waals surface area contributed by atoms with Gasteiger partial charge in [-0.1, -0.05) is 45.4 Å². The molecule has 0 saturated heterocycles. The molecule has 0 aromatic rings. The molecule has 0 nitrogen and oxygen atoms in total. The maximum absolute atomic E-state index is 2.35. The van der Waals surface area contributed by atoms with E-state index in [1.165, 1.54) is 29.9 Å². The molecule has 0 aromatic carbocycles. The van der Waals surface area contributed by atoms with Crippen LogP contribution in [0.5, 0.6) is 0 Å². The molecule has 0 aromatic heterocycles. The van der Waals surface area contributed by atoms with Crippen molar-refractivity contribution in [1.29, 1.82) is 0 Å². The van der Waals surface area contributed by atoms with Crippen molar-refractivity contribution in [2.45, 2.75) is 46.5 Å². The smallest absolute Gasteiger partial charge is 0.00288 e. The monoisotopic (exact) mass is 198 g/mol. The Balaban J connectivity index is 3.94. The van der Waals surface area contributed by atoms with E-state index in [0.29, 0.717) is 0 Å². The predicted molar refractivity (Wildman–Crippen MR) is 65.2 cm³/mol. The van der Waals surface area contributed by atoms with E-state index in [-0.39, 0.29) is 0 Å². The molecule has 0 atom stereocenters. The Morgan fingerprint density at radius 2 is 1.92 bits per heavy atom. The SMILES string of the molecule is CC/C=C\C(=C/CCC)SCCC. The van der Waals surface area contributed by atoms with Crippen LogP contribution in [0.2, 0.25) is 0 Å². The third kappa shape index (κ3) is 8.17. The summed E-state index contributed by atoms with van der Waals surface area (Å²) in [5, 5.41) is 0. The molecule has 0 rings (SSSR count). The van der Waals surface area contributed by atoms with Crippen molar-refractivity contribution < 1.29 is 0 Å². The van der Waals surface area contributed by atoms with Crippen LogP contribution in [-0.4, -0.2) is 5.75 Å². The first kappa shape index (κ1) is 12.8. The lowest BCUT2D eigenvalue weighted by Crippen LogP contribution is -1.77. The molecule has 0 spiro atoms. The Kier molecular flexibility index (Phi) is 9.78. The quantitative estimate of drug-likeness (QED) is 0.530. The van der Waals surface area contributed by atoms with Crippen molar-refractivity contribution in [3.8, 4) is 0 Å². The molecule has 0 unspecified atom stereocenters. The van der Waals surface area contributed by atoms with Crippen LogP contribution < -0.4 is 0 Å². The van der Waals surface area contributed by atoms with Crippen LogP contribution in [0.15, 0.2) is 23.1 Å². The van der Waals surface area contributed by atoms with E-state index in [0.717, 1.165) is 6.42 Å². The number of thioether (sulfide) groups is 1. The zero-order valence-corrected chi connectivity index (χ0v) is 9.99. The highest BCUT2D eigenvalue weighted by Gasteiger charge is 1.91. The summed E-state index contributed by atoms with van der Waals surface area (Å²) < 4.78 is 0. The Morgan fingerprint density at radius 3 is 2.46 bits per heavy atom. The molecule has 0 aliphatic rings. The number of hydrogen-bond donors (Lipinski definition) is 0. The summed E-state index contributed by atoms with van der Waals surface area (Å²) in [7, 11) is 0. The summed E-state index contributed by atoms with van der Waals surface area (Å²) in [6.45, 7) is 6.63. The van der Waals surface area contributed by atoms with E-state index in [1.807, 2.05) is 11.8 Å². The van der Waals surface area contributed by atoms with E-state index in [4.69, 9.17) is 0 Å². The van der Waals surface area contributed by atoms with Crippen LogP contribution >= 0.6 is 11.8 Å². The van der Waals surface area contributed by atoms with Gasteiger partial charge in [-0.15, -0.1) is 11.8 Å². The van der Waals surface area contributed by atoms with Gasteiger partial charge in [-0.25, -0.2) is 0 Å². The van der Waals surface area contributed by atoms with Gasteiger partial charge in [0, 0.05) is 4.91 Å². The maximum Gasteiger partial charge on any atom is 0.00288 e. The van der Waals surface area contributed by atoms with Gasteiger partial charge in [0.25, 0.3) is 0 Å². The van der Waals surface area contributed by atoms with Gasteiger partial charge in [-0.2, -0.15) is 0 Å². The lowest BCUT2D eigenvalue weighted by Gasteiger charge is -2.00. The first-order valence-corrected chi connectivity index (χ1v) is 6.33. The average molecular weight is 198 g/mol. The zero-order chi connectivity index (χ0) is 9.94. The second-order valence-electron chi connectivity index (χ2n) is 3.05. The maximum atomic E-state index is 2.35. The zero-order valence-electron chi connectivity index (χ0n) is 9.18. The summed E-state index contributed by atoms with van der Waals surface area (Å²) >= 11 is 1.98. The number of hydrogen-bond acceptors (Lipinski definition) is 1. The van der Waals surface area contributed by atoms with Crippen molar-refractivity contribution in [3.05, 3.63) is 23.1 Å². The molecular formula is C12H22S. The molecule has 0 heterocycles. The third-order valence-corrected chi connectivity index (χ3v) is 2.87. The molecule has 1 heteroatoms. The second-order valence-corrected chi connectivity index (χ2v) is 4.22. The molecular weight excluding hydrogens is 176 g/mol. The fourth-order valence-corrected chi connectivity index (χ4v) is 1.78. The van der Waals surface area contributed by atoms with Gasteiger partial charge in [0.15, 0.2) is 0 Å². The van der Waals surface area contributed by atoms with E-state index < -0.39 is 0 Å². The molecule has 0 amide bonds. The van der Waals surface area contributed by atoms with Crippen LogP contribution in [0.1, 0.15) is 46.5 Å². The molecule has 0 aliphatic carbocycles. The summed E-state index contributed by atoms with van der Waals surface area (Å²) in [4.78, 5) is 1.45. The van der Waals surface area contributed by atoms with E-state index in [9.17, 15) is 0 Å². The summed E-state index contributed by atoms with van der Waals surface area (Å²) in [6.07, 6.45) is 11.7. The molecule has 0 saturated carbocycles. The van der Waals surface area contributed by atoms with E-state index in [2.05, 4.69) is 39.0 Å². The average Bonchev–Trinajstić information content (AvgIpc) is 2.17. The normalized spacial score (nSPS) is 12.7. The lowest BCUT2D eigenvalue weighted by molar-refractivity contribution is 0.957. The Bertz CT molecular complexity index is 157. The molecule has 0 N–H and O–H groups in total. The second kappa shape index (κ2) is 9.91. The fraction of sp³-hybridized carbons (Fsp3) is 0.667. The molecule has 0 radical (unpaired) electrons. The van der Waals surface area contributed by atoms with E-state index >= 15 is 0 Å². The molecule has 76 valence electrons. The van der Waals surface area contributed by atoms with Gasteiger partial charge in [0.1, 0.15) is 0 Å². The summed E-state index contributed by atoms with van der Waals surface area (Å²) in [5.74, 6) is 1.24. The Labute approximate surface area is 87.5 Å². The lowest BCUT2D eigenvalue weighted by atomic mass is 10.3. The Morgan fingerprint density at radius 1 is 1.15 bits per heavy atom. The number of unbranched alkanes of at least 4 members (excludes halogenated alkanes) is 1. The van der Waals surface area contributed by atoms with Crippen molar-refractivity contribution in [2.75, 3.05) is 5.75 Å². The van der Waals surface area contributed by atoms with Crippen molar-refractivity contribution in [1.82, 2.24) is 0 Å². The van der Waals surface area contributed by atoms with Gasteiger partial charge in [-0.3, -0.25) is 0 Å². The van der Waals surface area contributed by atoms with Crippen molar-refractivity contribution in [3.63, 3.8) is 0 Å². The Hall–Kier alpha value is -0.170. The van der Waals surface area contributed by atoms with Crippen LogP contribution in [0.3, 0.4) is 0 Å². The van der Waals surface area contributed by atoms with Gasteiger partial charge in [0.2, 0.25) is 0 Å². The predicted octanol–water partition coefficient (Wildman–Crippen LogP) is 4.78. The van der Waals surface area contributed by atoms with E-state index in [1.54, 1.807) is 0 Å². The first-order valence-electron chi connectivity index (χ1n) is 5.34. The number of rotatable bonds is 7. The van der Waals surface area contributed by atoms with Crippen molar-refractivity contribution >= 4 is 11.8 Å². The third-order valence-electron chi connectivity index (χ3n) is 1.62. The van der Waals surface area contributed by atoms with Crippen LogP contribution in [0, 0.1) is 0 Å². The van der Waals surface area contributed by atoms with Crippen LogP contribution in [0.4, 0.5) is 0 Å².